The van der Waals surface area contributed by atoms with Gasteiger partial charge in [-0.15, -0.1) is 0 Å². The molecule has 1 aliphatic carbocycles. The summed E-state index contributed by atoms with van der Waals surface area (Å²) < 4.78 is 39.4. The summed E-state index contributed by atoms with van der Waals surface area (Å²) in [5.74, 6) is -3.33. The van der Waals surface area contributed by atoms with Gasteiger partial charge in [0.1, 0.15) is 22.9 Å². The fraction of sp³-hybridized carbons (Fsp3) is 0.176. The molecule has 0 bridgehead atoms. The molecule has 0 unspecified atom stereocenters. The van der Waals surface area contributed by atoms with Crippen LogP contribution in [0.3, 0.4) is 0 Å². The first-order chi connectivity index (χ1) is 11.4. The molecule has 7 heteroatoms. The average molecular weight is 334 g/mol. The molecule has 0 heterocycles. The van der Waals surface area contributed by atoms with Crippen molar-refractivity contribution in [1.29, 1.82) is 0 Å². The van der Waals surface area contributed by atoms with E-state index in [1.165, 1.54) is 24.3 Å². The van der Waals surface area contributed by atoms with Gasteiger partial charge < -0.3 is 10.6 Å². The van der Waals surface area contributed by atoms with E-state index in [4.69, 9.17) is 0 Å². The summed E-state index contributed by atoms with van der Waals surface area (Å²) in [6.07, 6.45) is 0.628. The summed E-state index contributed by atoms with van der Waals surface area (Å²) in [5, 5.41) is 4.86. The zero-order valence-corrected chi connectivity index (χ0v) is 12.4. The van der Waals surface area contributed by atoms with Crippen LogP contribution in [0.25, 0.3) is 0 Å². The van der Waals surface area contributed by atoms with Crippen molar-refractivity contribution in [3.63, 3.8) is 0 Å². The molecule has 0 spiro atoms. The van der Waals surface area contributed by atoms with Crippen molar-refractivity contribution in [2.45, 2.75) is 12.8 Å². The standard InChI is InChI=1S/C17H13F3N2O2/c18-10-1-4-12(5-2-10)21-15(23)17(7-8-17)16(24)22-14-6-3-11(19)9-13(14)20/h1-6,9H,7-8H2,(H,21,23)(H,22,24). The number of halogens is 3. The minimum Gasteiger partial charge on any atom is -0.325 e. The average Bonchev–Trinajstić information content (AvgIpc) is 3.34. The van der Waals surface area contributed by atoms with Crippen LogP contribution < -0.4 is 10.6 Å². The highest BCUT2D eigenvalue weighted by atomic mass is 19.1. The van der Waals surface area contributed by atoms with Crippen LogP contribution in [0.4, 0.5) is 24.5 Å². The summed E-state index contributed by atoms with van der Waals surface area (Å²) >= 11 is 0. The molecule has 2 aromatic rings. The van der Waals surface area contributed by atoms with E-state index in [2.05, 4.69) is 10.6 Å². The molecule has 0 saturated heterocycles. The molecule has 0 aliphatic heterocycles. The van der Waals surface area contributed by atoms with Gasteiger partial charge in [-0.3, -0.25) is 9.59 Å². The van der Waals surface area contributed by atoms with Crippen molar-refractivity contribution in [3.05, 3.63) is 59.9 Å². The minimum atomic E-state index is -1.30. The number of amides is 2. The van der Waals surface area contributed by atoms with Gasteiger partial charge in [0.15, 0.2) is 0 Å². The van der Waals surface area contributed by atoms with Crippen molar-refractivity contribution < 1.29 is 22.8 Å². The summed E-state index contributed by atoms with van der Waals surface area (Å²) in [5.41, 5.74) is -1.13. The Hall–Kier alpha value is -2.83. The van der Waals surface area contributed by atoms with Crippen LogP contribution in [-0.4, -0.2) is 11.8 Å². The predicted molar refractivity (Wildman–Crippen MR) is 81.7 cm³/mol. The van der Waals surface area contributed by atoms with Crippen molar-refractivity contribution in [1.82, 2.24) is 0 Å². The Bertz CT molecular complexity index is 802. The molecule has 0 atom stereocenters. The molecule has 0 radical (unpaired) electrons. The van der Waals surface area contributed by atoms with Crippen molar-refractivity contribution in [2.75, 3.05) is 10.6 Å². The molecular weight excluding hydrogens is 321 g/mol. The van der Waals surface area contributed by atoms with E-state index in [9.17, 15) is 22.8 Å². The second kappa shape index (κ2) is 5.99. The normalized spacial score (nSPS) is 14.8. The van der Waals surface area contributed by atoms with E-state index in [1.807, 2.05) is 0 Å². The topological polar surface area (TPSA) is 58.2 Å². The fourth-order valence-corrected chi connectivity index (χ4v) is 2.30. The maximum absolute atomic E-state index is 13.6. The molecule has 0 aromatic heterocycles. The molecule has 2 aromatic carbocycles. The molecule has 1 aliphatic rings. The van der Waals surface area contributed by atoms with Gasteiger partial charge in [-0.25, -0.2) is 13.2 Å². The van der Waals surface area contributed by atoms with Crippen molar-refractivity contribution in [2.24, 2.45) is 5.41 Å². The van der Waals surface area contributed by atoms with Gasteiger partial charge in [0.05, 0.1) is 5.69 Å². The Labute approximate surface area is 135 Å². The number of benzene rings is 2. The third-order valence-electron chi connectivity index (χ3n) is 3.90. The van der Waals surface area contributed by atoms with Crippen LogP contribution in [0.5, 0.6) is 0 Å². The molecule has 2 N–H and O–H groups in total. The first-order valence-electron chi connectivity index (χ1n) is 7.24. The van der Waals surface area contributed by atoms with Crippen LogP contribution in [0.15, 0.2) is 42.5 Å². The molecule has 4 nitrogen and oxygen atoms in total. The van der Waals surface area contributed by atoms with Crippen LogP contribution in [0.2, 0.25) is 0 Å². The third-order valence-corrected chi connectivity index (χ3v) is 3.90. The van der Waals surface area contributed by atoms with Gasteiger partial charge in [0, 0.05) is 11.8 Å². The van der Waals surface area contributed by atoms with Gasteiger partial charge in [-0.1, -0.05) is 0 Å². The number of anilines is 2. The Morgan fingerprint density at radius 1 is 0.833 bits per heavy atom. The highest BCUT2D eigenvalue weighted by molar-refractivity contribution is 6.16. The Kier molecular flexibility index (Phi) is 4.01. The van der Waals surface area contributed by atoms with E-state index in [0.717, 1.165) is 12.1 Å². The van der Waals surface area contributed by atoms with E-state index in [1.54, 1.807) is 0 Å². The lowest BCUT2D eigenvalue weighted by Gasteiger charge is -2.16. The van der Waals surface area contributed by atoms with E-state index in [0.29, 0.717) is 24.6 Å². The number of carbonyl (C=O) groups is 2. The first-order valence-corrected chi connectivity index (χ1v) is 7.24. The Balaban J connectivity index is 1.71. The second-order valence-electron chi connectivity index (χ2n) is 5.62. The lowest BCUT2D eigenvalue weighted by molar-refractivity contribution is -0.131. The van der Waals surface area contributed by atoms with E-state index >= 15 is 0 Å². The molecular formula is C17H13F3N2O2. The summed E-state index contributed by atoms with van der Waals surface area (Å²) in [6, 6.07) is 7.87. The quantitative estimate of drug-likeness (QED) is 0.841. The lowest BCUT2D eigenvalue weighted by atomic mass is 10.0. The first kappa shape index (κ1) is 16.0. The van der Waals surface area contributed by atoms with Gasteiger partial charge in [-0.2, -0.15) is 0 Å². The van der Waals surface area contributed by atoms with Crippen molar-refractivity contribution >= 4 is 23.2 Å². The maximum atomic E-state index is 13.6. The van der Waals surface area contributed by atoms with Gasteiger partial charge in [0.25, 0.3) is 0 Å². The molecule has 3 rings (SSSR count). The molecule has 124 valence electrons. The Morgan fingerprint density at radius 3 is 2.00 bits per heavy atom. The second-order valence-corrected chi connectivity index (χ2v) is 5.62. The number of hydrogen-bond donors (Lipinski definition) is 2. The van der Waals surface area contributed by atoms with Crippen LogP contribution >= 0.6 is 0 Å². The van der Waals surface area contributed by atoms with Gasteiger partial charge >= 0.3 is 0 Å². The third kappa shape index (κ3) is 3.10. The molecule has 1 fully saturated rings. The smallest absolute Gasteiger partial charge is 0.240 e. The number of carbonyl (C=O) groups excluding carboxylic acids is 2. The molecule has 2 amide bonds. The van der Waals surface area contributed by atoms with Gasteiger partial charge in [-0.05, 0) is 49.2 Å². The van der Waals surface area contributed by atoms with Crippen molar-refractivity contribution in [3.8, 4) is 0 Å². The van der Waals surface area contributed by atoms with Crippen LogP contribution in [0, 0.1) is 22.9 Å². The SMILES string of the molecule is O=C(Nc1ccc(F)cc1)C1(C(=O)Nc2ccc(F)cc2F)CC1. The molecule has 1 saturated carbocycles. The minimum absolute atomic E-state index is 0.192. The van der Waals surface area contributed by atoms with Crippen LogP contribution in [0.1, 0.15) is 12.8 Å². The summed E-state index contributed by atoms with van der Waals surface area (Å²) in [6.45, 7) is 0. The van der Waals surface area contributed by atoms with E-state index < -0.39 is 34.7 Å². The number of rotatable bonds is 4. The summed E-state index contributed by atoms with van der Waals surface area (Å²) in [7, 11) is 0. The monoisotopic (exact) mass is 334 g/mol. The Morgan fingerprint density at radius 2 is 1.42 bits per heavy atom. The zero-order valence-electron chi connectivity index (χ0n) is 12.4. The molecule has 24 heavy (non-hydrogen) atoms. The highest BCUT2D eigenvalue weighted by Crippen LogP contribution is 2.47. The lowest BCUT2D eigenvalue weighted by Crippen LogP contribution is -2.35. The van der Waals surface area contributed by atoms with Crippen LogP contribution in [-0.2, 0) is 9.59 Å². The predicted octanol–water partition coefficient (Wildman–Crippen LogP) is 3.46. The van der Waals surface area contributed by atoms with E-state index in [-0.39, 0.29) is 5.69 Å². The fourth-order valence-electron chi connectivity index (χ4n) is 2.30. The zero-order chi connectivity index (χ0) is 17.3. The summed E-state index contributed by atoms with van der Waals surface area (Å²) in [4.78, 5) is 24.7. The highest BCUT2D eigenvalue weighted by Gasteiger charge is 2.56. The van der Waals surface area contributed by atoms with Gasteiger partial charge in [0.2, 0.25) is 11.8 Å². The number of hydrogen-bond acceptors (Lipinski definition) is 2. The maximum Gasteiger partial charge on any atom is 0.240 e. The number of nitrogens with one attached hydrogen (secondary N) is 2. The largest absolute Gasteiger partial charge is 0.325 e.